The molecular weight excluding hydrogens is 342 g/mol. The van der Waals surface area contributed by atoms with Crippen molar-refractivity contribution >= 4 is 27.6 Å². The van der Waals surface area contributed by atoms with Crippen LogP contribution in [0.25, 0.3) is 0 Å². The standard InChI is InChI=1S/C16H16BrN5/c1-12-2-3-13(10-18)16(20-12)22-8-6-21(7-9-22)15-5-4-14(17)11-19-15/h2-5,11H,6-9H2,1H3. The van der Waals surface area contributed by atoms with E-state index in [-0.39, 0.29) is 0 Å². The number of aromatic nitrogens is 2. The summed E-state index contributed by atoms with van der Waals surface area (Å²) in [7, 11) is 0. The summed E-state index contributed by atoms with van der Waals surface area (Å²) >= 11 is 3.40. The average Bonchev–Trinajstić information content (AvgIpc) is 2.56. The lowest BCUT2D eigenvalue weighted by atomic mass is 10.2. The van der Waals surface area contributed by atoms with Gasteiger partial charge in [0.2, 0.25) is 0 Å². The molecule has 0 N–H and O–H groups in total. The molecule has 0 spiro atoms. The third kappa shape index (κ3) is 3.04. The van der Waals surface area contributed by atoms with E-state index in [4.69, 9.17) is 0 Å². The maximum atomic E-state index is 9.25. The van der Waals surface area contributed by atoms with E-state index in [1.54, 1.807) is 0 Å². The third-order valence-corrected chi connectivity index (χ3v) is 4.22. The van der Waals surface area contributed by atoms with Crippen LogP contribution in [-0.2, 0) is 0 Å². The molecule has 1 aliphatic heterocycles. The molecule has 22 heavy (non-hydrogen) atoms. The second kappa shape index (κ2) is 6.32. The van der Waals surface area contributed by atoms with E-state index in [0.717, 1.165) is 48.0 Å². The van der Waals surface area contributed by atoms with Crippen molar-refractivity contribution in [2.45, 2.75) is 6.92 Å². The molecule has 5 nitrogen and oxygen atoms in total. The summed E-state index contributed by atoms with van der Waals surface area (Å²) < 4.78 is 0.984. The van der Waals surface area contributed by atoms with Gasteiger partial charge in [0.05, 0.1) is 5.56 Å². The minimum atomic E-state index is 0.640. The van der Waals surface area contributed by atoms with Gasteiger partial charge in [0, 0.05) is 42.5 Å². The molecular formula is C16H16BrN5. The summed E-state index contributed by atoms with van der Waals surface area (Å²) in [6.45, 7) is 5.36. The number of pyridine rings is 2. The molecule has 1 saturated heterocycles. The summed E-state index contributed by atoms with van der Waals surface area (Å²) in [6.07, 6.45) is 1.82. The van der Waals surface area contributed by atoms with Crippen molar-refractivity contribution in [3.8, 4) is 6.07 Å². The van der Waals surface area contributed by atoms with Crippen molar-refractivity contribution in [2.75, 3.05) is 36.0 Å². The number of hydrogen-bond donors (Lipinski definition) is 0. The first-order valence-electron chi connectivity index (χ1n) is 7.16. The Kier molecular flexibility index (Phi) is 4.25. The molecule has 0 bridgehead atoms. The van der Waals surface area contributed by atoms with Crippen LogP contribution in [0.3, 0.4) is 0 Å². The average molecular weight is 358 g/mol. The first-order chi connectivity index (χ1) is 10.7. The lowest BCUT2D eigenvalue weighted by Gasteiger charge is -2.36. The number of piperazine rings is 1. The Morgan fingerprint density at radius 3 is 2.45 bits per heavy atom. The topological polar surface area (TPSA) is 56.1 Å². The zero-order chi connectivity index (χ0) is 15.5. The number of hydrogen-bond acceptors (Lipinski definition) is 5. The summed E-state index contributed by atoms with van der Waals surface area (Å²) in [5.74, 6) is 1.78. The molecule has 0 atom stereocenters. The lowest BCUT2D eigenvalue weighted by molar-refractivity contribution is 0.640. The largest absolute Gasteiger partial charge is 0.353 e. The highest BCUT2D eigenvalue weighted by Gasteiger charge is 2.21. The minimum absolute atomic E-state index is 0.640. The monoisotopic (exact) mass is 357 g/mol. The van der Waals surface area contributed by atoms with Crippen molar-refractivity contribution in [1.82, 2.24) is 9.97 Å². The number of rotatable bonds is 2. The first kappa shape index (κ1) is 14.8. The van der Waals surface area contributed by atoms with Gasteiger partial charge in [0.15, 0.2) is 0 Å². The Bertz CT molecular complexity index is 699. The molecule has 3 rings (SSSR count). The predicted molar refractivity (Wildman–Crippen MR) is 90.1 cm³/mol. The number of nitrogens with zero attached hydrogens (tertiary/aromatic N) is 5. The number of anilines is 2. The molecule has 0 unspecified atom stereocenters. The van der Waals surface area contributed by atoms with Gasteiger partial charge in [-0.05, 0) is 47.1 Å². The van der Waals surface area contributed by atoms with Gasteiger partial charge in [-0.25, -0.2) is 9.97 Å². The van der Waals surface area contributed by atoms with Crippen molar-refractivity contribution in [3.05, 3.63) is 46.2 Å². The molecule has 0 radical (unpaired) electrons. The van der Waals surface area contributed by atoms with Crippen LogP contribution in [0.4, 0.5) is 11.6 Å². The zero-order valence-corrected chi connectivity index (χ0v) is 13.9. The fourth-order valence-corrected chi connectivity index (χ4v) is 2.81. The highest BCUT2D eigenvalue weighted by atomic mass is 79.9. The summed E-state index contributed by atoms with van der Waals surface area (Å²) in [4.78, 5) is 13.4. The van der Waals surface area contributed by atoms with Crippen molar-refractivity contribution < 1.29 is 0 Å². The van der Waals surface area contributed by atoms with Crippen LogP contribution >= 0.6 is 15.9 Å². The SMILES string of the molecule is Cc1ccc(C#N)c(N2CCN(c3ccc(Br)cn3)CC2)n1. The Morgan fingerprint density at radius 2 is 1.82 bits per heavy atom. The second-order valence-electron chi connectivity index (χ2n) is 5.24. The summed E-state index contributed by atoms with van der Waals surface area (Å²) in [6, 6.07) is 9.98. The van der Waals surface area contributed by atoms with Crippen LogP contribution in [-0.4, -0.2) is 36.1 Å². The van der Waals surface area contributed by atoms with Gasteiger partial charge in [-0.15, -0.1) is 0 Å². The molecule has 6 heteroatoms. The van der Waals surface area contributed by atoms with E-state index in [1.165, 1.54) is 0 Å². The predicted octanol–water partition coefficient (Wildman–Crippen LogP) is 2.75. The van der Waals surface area contributed by atoms with Gasteiger partial charge >= 0.3 is 0 Å². The van der Waals surface area contributed by atoms with Crippen LogP contribution in [0, 0.1) is 18.3 Å². The van der Waals surface area contributed by atoms with Crippen LogP contribution < -0.4 is 9.80 Å². The molecule has 1 fully saturated rings. The van der Waals surface area contributed by atoms with Crippen LogP contribution in [0.5, 0.6) is 0 Å². The Morgan fingerprint density at radius 1 is 1.09 bits per heavy atom. The molecule has 112 valence electrons. The molecule has 2 aromatic heterocycles. The highest BCUT2D eigenvalue weighted by molar-refractivity contribution is 9.10. The molecule has 0 aromatic carbocycles. The Balaban J connectivity index is 1.73. The molecule has 2 aromatic rings. The van der Waals surface area contributed by atoms with Crippen molar-refractivity contribution in [2.24, 2.45) is 0 Å². The fourth-order valence-electron chi connectivity index (χ4n) is 2.57. The van der Waals surface area contributed by atoms with E-state index in [0.29, 0.717) is 5.56 Å². The molecule has 1 aliphatic rings. The van der Waals surface area contributed by atoms with E-state index >= 15 is 0 Å². The van der Waals surface area contributed by atoms with Gasteiger partial charge in [-0.1, -0.05) is 0 Å². The van der Waals surface area contributed by atoms with E-state index in [9.17, 15) is 5.26 Å². The fraction of sp³-hybridized carbons (Fsp3) is 0.312. The first-order valence-corrected chi connectivity index (χ1v) is 7.96. The van der Waals surface area contributed by atoms with Crippen LogP contribution in [0.1, 0.15) is 11.3 Å². The van der Waals surface area contributed by atoms with Gasteiger partial charge in [-0.2, -0.15) is 5.26 Å². The maximum absolute atomic E-state index is 9.25. The Hall–Kier alpha value is -2.13. The maximum Gasteiger partial charge on any atom is 0.146 e. The number of aryl methyl sites for hydroxylation is 1. The highest BCUT2D eigenvalue weighted by Crippen LogP contribution is 2.22. The molecule has 0 amide bonds. The van der Waals surface area contributed by atoms with Gasteiger partial charge in [0.25, 0.3) is 0 Å². The molecule has 0 aliphatic carbocycles. The normalized spacial score (nSPS) is 14.8. The molecule has 3 heterocycles. The van der Waals surface area contributed by atoms with Gasteiger partial charge in [0.1, 0.15) is 17.7 Å². The van der Waals surface area contributed by atoms with Gasteiger partial charge < -0.3 is 9.80 Å². The van der Waals surface area contributed by atoms with Crippen LogP contribution in [0.2, 0.25) is 0 Å². The molecule has 0 saturated carbocycles. The van der Waals surface area contributed by atoms with Gasteiger partial charge in [-0.3, -0.25) is 0 Å². The third-order valence-electron chi connectivity index (χ3n) is 3.75. The minimum Gasteiger partial charge on any atom is -0.353 e. The lowest BCUT2D eigenvalue weighted by Crippen LogP contribution is -2.47. The summed E-state index contributed by atoms with van der Waals surface area (Å²) in [5, 5.41) is 9.25. The van der Waals surface area contributed by atoms with Crippen molar-refractivity contribution in [3.63, 3.8) is 0 Å². The van der Waals surface area contributed by atoms with E-state index in [2.05, 4.69) is 41.8 Å². The van der Waals surface area contributed by atoms with E-state index in [1.807, 2.05) is 37.4 Å². The van der Waals surface area contributed by atoms with Crippen LogP contribution in [0.15, 0.2) is 34.9 Å². The van der Waals surface area contributed by atoms with Crippen molar-refractivity contribution in [1.29, 1.82) is 5.26 Å². The summed E-state index contributed by atoms with van der Waals surface area (Å²) in [5.41, 5.74) is 1.58. The number of halogens is 1. The smallest absolute Gasteiger partial charge is 0.146 e. The zero-order valence-electron chi connectivity index (χ0n) is 12.3. The Labute approximate surface area is 138 Å². The second-order valence-corrected chi connectivity index (χ2v) is 6.16. The quantitative estimate of drug-likeness (QED) is 0.826. The number of nitriles is 1. The van der Waals surface area contributed by atoms with E-state index < -0.39 is 0 Å².